The zero-order valence-corrected chi connectivity index (χ0v) is 9.33. The molecule has 0 saturated carbocycles. The minimum Gasteiger partial charge on any atom is -0.349 e. The van der Waals surface area contributed by atoms with Crippen LogP contribution in [0, 0.1) is 0 Å². The van der Waals surface area contributed by atoms with E-state index in [0.29, 0.717) is 6.42 Å². The molecule has 16 heavy (non-hydrogen) atoms. The van der Waals surface area contributed by atoms with Crippen molar-refractivity contribution in [2.24, 2.45) is 5.14 Å². The minimum atomic E-state index is -3.64. The summed E-state index contributed by atoms with van der Waals surface area (Å²) in [6, 6.07) is 6.25. The normalized spacial score (nSPS) is 20.8. The van der Waals surface area contributed by atoms with Crippen molar-refractivity contribution in [3.63, 3.8) is 0 Å². The van der Waals surface area contributed by atoms with Crippen LogP contribution in [0.1, 0.15) is 24.4 Å². The molecule has 1 heterocycles. The van der Waals surface area contributed by atoms with Crippen LogP contribution in [0.3, 0.4) is 0 Å². The third-order valence-corrected chi connectivity index (χ3v) is 3.54. The van der Waals surface area contributed by atoms with Gasteiger partial charge in [-0.1, -0.05) is 12.1 Å². The molecule has 1 aliphatic rings. The number of rotatable bonds is 2. The van der Waals surface area contributed by atoms with Gasteiger partial charge in [0.15, 0.2) is 0 Å². The lowest BCUT2D eigenvalue weighted by atomic mass is 10.1. The zero-order chi connectivity index (χ0) is 11.8. The van der Waals surface area contributed by atoms with E-state index in [1.807, 2.05) is 0 Å². The molecule has 1 atom stereocenters. The number of nitrogens with one attached hydrogen (secondary N) is 1. The first-order valence-corrected chi connectivity index (χ1v) is 6.43. The van der Waals surface area contributed by atoms with E-state index in [-0.39, 0.29) is 16.8 Å². The van der Waals surface area contributed by atoms with E-state index in [4.69, 9.17) is 5.14 Å². The lowest BCUT2D eigenvalue weighted by Crippen LogP contribution is -2.18. The first kappa shape index (κ1) is 11.1. The maximum Gasteiger partial charge on any atom is 0.238 e. The fourth-order valence-corrected chi connectivity index (χ4v) is 2.27. The van der Waals surface area contributed by atoms with E-state index in [1.165, 1.54) is 12.1 Å². The molecule has 1 fully saturated rings. The summed E-state index contributed by atoms with van der Waals surface area (Å²) in [4.78, 5) is 11.1. The molecule has 86 valence electrons. The Morgan fingerprint density at radius 1 is 1.25 bits per heavy atom. The van der Waals surface area contributed by atoms with Crippen molar-refractivity contribution >= 4 is 15.9 Å². The number of carbonyl (C=O) groups is 1. The molecular weight excluding hydrogens is 228 g/mol. The van der Waals surface area contributed by atoms with E-state index in [9.17, 15) is 13.2 Å². The van der Waals surface area contributed by atoms with Crippen LogP contribution in [0.5, 0.6) is 0 Å². The fraction of sp³-hybridized carbons (Fsp3) is 0.300. The highest BCUT2D eigenvalue weighted by atomic mass is 32.2. The van der Waals surface area contributed by atoms with Crippen LogP contribution in [0.15, 0.2) is 29.2 Å². The van der Waals surface area contributed by atoms with Crippen molar-refractivity contribution < 1.29 is 13.2 Å². The number of primary sulfonamides is 1. The van der Waals surface area contributed by atoms with Crippen molar-refractivity contribution in [2.75, 3.05) is 0 Å². The molecule has 0 spiro atoms. The molecule has 0 aliphatic carbocycles. The van der Waals surface area contributed by atoms with Crippen molar-refractivity contribution in [2.45, 2.75) is 23.8 Å². The Kier molecular flexibility index (Phi) is 2.69. The lowest BCUT2D eigenvalue weighted by Gasteiger charge is -2.10. The number of benzene rings is 1. The largest absolute Gasteiger partial charge is 0.349 e. The average Bonchev–Trinajstić information content (AvgIpc) is 2.64. The van der Waals surface area contributed by atoms with Crippen LogP contribution < -0.4 is 10.5 Å². The number of carbonyl (C=O) groups excluding carboxylic acids is 1. The van der Waals surface area contributed by atoms with Crippen LogP contribution in [0.25, 0.3) is 0 Å². The van der Waals surface area contributed by atoms with Crippen molar-refractivity contribution in [1.29, 1.82) is 0 Å². The first-order valence-electron chi connectivity index (χ1n) is 4.89. The fourth-order valence-electron chi connectivity index (χ4n) is 1.75. The molecule has 3 N–H and O–H groups in total. The van der Waals surface area contributed by atoms with Gasteiger partial charge in [-0.15, -0.1) is 0 Å². The molecule has 1 aliphatic heterocycles. The summed E-state index contributed by atoms with van der Waals surface area (Å²) in [6.07, 6.45) is 1.26. The van der Waals surface area contributed by atoms with Gasteiger partial charge in [-0.3, -0.25) is 4.79 Å². The molecule has 6 heteroatoms. The van der Waals surface area contributed by atoms with Gasteiger partial charge in [0.05, 0.1) is 10.9 Å². The Balaban J connectivity index is 2.23. The predicted molar refractivity (Wildman–Crippen MR) is 57.9 cm³/mol. The summed E-state index contributed by atoms with van der Waals surface area (Å²) in [7, 11) is -3.64. The summed E-state index contributed by atoms with van der Waals surface area (Å²) >= 11 is 0. The third-order valence-electron chi connectivity index (χ3n) is 2.61. The molecule has 1 saturated heterocycles. The quantitative estimate of drug-likeness (QED) is 0.778. The van der Waals surface area contributed by atoms with Crippen LogP contribution in [0.4, 0.5) is 0 Å². The Morgan fingerprint density at radius 2 is 1.88 bits per heavy atom. The summed E-state index contributed by atoms with van der Waals surface area (Å²) in [5.74, 6) is 0.0283. The maximum absolute atomic E-state index is 11.0. The number of amides is 1. The van der Waals surface area contributed by atoms with E-state index in [2.05, 4.69) is 5.32 Å². The van der Waals surface area contributed by atoms with Crippen LogP contribution >= 0.6 is 0 Å². The molecule has 0 aromatic heterocycles. The number of hydrogen-bond acceptors (Lipinski definition) is 3. The average molecular weight is 240 g/mol. The van der Waals surface area contributed by atoms with Gasteiger partial charge >= 0.3 is 0 Å². The molecule has 1 aromatic carbocycles. The zero-order valence-electron chi connectivity index (χ0n) is 8.51. The Morgan fingerprint density at radius 3 is 2.31 bits per heavy atom. The Bertz CT molecular complexity index is 507. The molecule has 1 aromatic rings. The molecular formula is C10H12N2O3S. The standard InChI is InChI=1S/C10H12N2O3S/c11-16(14,15)8-3-1-7(2-4-8)9-5-6-10(13)12-9/h1-4,9H,5-6H2,(H,12,13)(H2,11,14,15). The SMILES string of the molecule is NS(=O)(=O)c1ccc(C2CCC(=O)N2)cc1. The summed E-state index contributed by atoms with van der Waals surface area (Å²) in [5, 5.41) is 7.79. The topological polar surface area (TPSA) is 89.3 Å². The number of sulfonamides is 1. The highest BCUT2D eigenvalue weighted by molar-refractivity contribution is 7.89. The second-order valence-corrected chi connectivity index (χ2v) is 5.33. The molecule has 5 nitrogen and oxygen atoms in total. The van der Waals surface area contributed by atoms with E-state index in [0.717, 1.165) is 12.0 Å². The van der Waals surface area contributed by atoms with Gasteiger partial charge in [-0.2, -0.15) is 0 Å². The monoisotopic (exact) mass is 240 g/mol. The van der Waals surface area contributed by atoms with Gasteiger partial charge in [0.25, 0.3) is 0 Å². The smallest absolute Gasteiger partial charge is 0.238 e. The van der Waals surface area contributed by atoms with Crippen molar-refractivity contribution in [1.82, 2.24) is 5.32 Å². The summed E-state index contributed by atoms with van der Waals surface area (Å²) in [6.45, 7) is 0. The summed E-state index contributed by atoms with van der Waals surface area (Å²) < 4.78 is 22.1. The van der Waals surface area contributed by atoms with Crippen LogP contribution in [0.2, 0.25) is 0 Å². The lowest BCUT2D eigenvalue weighted by molar-refractivity contribution is -0.119. The van der Waals surface area contributed by atoms with Gasteiger partial charge in [0, 0.05) is 6.42 Å². The van der Waals surface area contributed by atoms with E-state index < -0.39 is 10.0 Å². The van der Waals surface area contributed by atoms with Crippen molar-refractivity contribution in [3.8, 4) is 0 Å². The highest BCUT2D eigenvalue weighted by Crippen LogP contribution is 2.24. The summed E-state index contributed by atoms with van der Waals surface area (Å²) in [5.41, 5.74) is 0.901. The van der Waals surface area contributed by atoms with Gasteiger partial charge in [0.2, 0.25) is 15.9 Å². The second-order valence-electron chi connectivity index (χ2n) is 3.77. The molecule has 2 rings (SSSR count). The van der Waals surface area contributed by atoms with Gasteiger partial charge in [-0.05, 0) is 24.1 Å². The molecule has 1 amide bonds. The molecule has 0 bridgehead atoms. The van der Waals surface area contributed by atoms with Crippen LogP contribution in [-0.2, 0) is 14.8 Å². The number of nitrogens with two attached hydrogens (primary N) is 1. The molecule has 1 unspecified atom stereocenters. The van der Waals surface area contributed by atoms with Gasteiger partial charge in [-0.25, -0.2) is 13.6 Å². The third kappa shape index (κ3) is 2.23. The highest BCUT2D eigenvalue weighted by Gasteiger charge is 2.22. The Hall–Kier alpha value is -1.40. The first-order chi connectivity index (χ1) is 7.47. The predicted octanol–water partition coefficient (Wildman–Crippen LogP) is 0.285. The van der Waals surface area contributed by atoms with Crippen LogP contribution in [-0.4, -0.2) is 14.3 Å². The second kappa shape index (κ2) is 3.88. The van der Waals surface area contributed by atoms with E-state index >= 15 is 0 Å². The maximum atomic E-state index is 11.0. The number of hydrogen-bond donors (Lipinski definition) is 2. The van der Waals surface area contributed by atoms with Gasteiger partial charge in [0.1, 0.15) is 0 Å². The Labute approximate surface area is 93.7 Å². The minimum absolute atomic E-state index is 0.0120. The van der Waals surface area contributed by atoms with Gasteiger partial charge < -0.3 is 5.32 Å². The van der Waals surface area contributed by atoms with E-state index in [1.54, 1.807) is 12.1 Å². The molecule has 0 radical (unpaired) electrons. The van der Waals surface area contributed by atoms with Crippen molar-refractivity contribution in [3.05, 3.63) is 29.8 Å².